The average Bonchev–Trinajstić information content (AvgIpc) is 3.11. The second kappa shape index (κ2) is 6.84. The van der Waals surface area contributed by atoms with Crippen molar-refractivity contribution < 1.29 is 14.3 Å². The van der Waals surface area contributed by atoms with E-state index in [1.807, 2.05) is 36.4 Å². The van der Waals surface area contributed by atoms with E-state index in [2.05, 4.69) is 22.8 Å². The number of benzene rings is 2. The van der Waals surface area contributed by atoms with Crippen LogP contribution in [0.2, 0.25) is 0 Å². The number of methoxy groups -OCH3 is 2. The Labute approximate surface area is 156 Å². The molecule has 3 aromatic rings. The summed E-state index contributed by atoms with van der Waals surface area (Å²) in [6.07, 6.45) is 0.407. The van der Waals surface area contributed by atoms with Gasteiger partial charge in [0, 0.05) is 39.8 Å². The maximum absolute atomic E-state index is 12.4. The van der Waals surface area contributed by atoms with Crippen molar-refractivity contribution in [1.29, 1.82) is 0 Å². The molecule has 4 nitrogen and oxygen atoms in total. The summed E-state index contributed by atoms with van der Waals surface area (Å²) in [4.78, 5) is 13.6. The fourth-order valence-electron chi connectivity index (χ4n) is 3.41. The summed E-state index contributed by atoms with van der Waals surface area (Å²) in [7, 11) is 3.28. The predicted octanol–water partition coefficient (Wildman–Crippen LogP) is 4.91. The minimum atomic E-state index is -0.0259. The molecule has 0 radical (unpaired) electrons. The van der Waals surface area contributed by atoms with Gasteiger partial charge in [-0.15, -0.1) is 11.3 Å². The van der Waals surface area contributed by atoms with Crippen molar-refractivity contribution in [2.75, 3.05) is 19.5 Å². The minimum Gasteiger partial charge on any atom is -0.497 e. The molecule has 1 amide bonds. The van der Waals surface area contributed by atoms with Crippen LogP contribution in [-0.2, 0) is 4.79 Å². The topological polar surface area (TPSA) is 47.6 Å². The molecule has 1 aromatic heterocycles. The van der Waals surface area contributed by atoms with Crippen LogP contribution in [0.4, 0.5) is 5.69 Å². The third-order valence-corrected chi connectivity index (χ3v) is 5.79. The van der Waals surface area contributed by atoms with Crippen LogP contribution in [0.5, 0.6) is 11.5 Å². The Morgan fingerprint density at radius 2 is 1.88 bits per heavy atom. The molecule has 0 fully saturated rings. The highest BCUT2D eigenvalue weighted by atomic mass is 32.1. The Bertz CT molecular complexity index is 949. The monoisotopic (exact) mass is 365 g/mol. The number of anilines is 1. The van der Waals surface area contributed by atoms with Crippen molar-refractivity contribution in [3.8, 4) is 22.6 Å². The molecule has 0 saturated carbocycles. The number of ether oxygens (including phenoxy) is 2. The van der Waals surface area contributed by atoms with E-state index in [0.29, 0.717) is 6.42 Å². The zero-order valence-corrected chi connectivity index (χ0v) is 15.4. The molecule has 26 heavy (non-hydrogen) atoms. The molecule has 1 aliphatic rings. The largest absolute Gasteiger partial charge is 0.497 e. The van der Waals surface area contributed by atoms with Gasteiger partial charge in [0.2, 0.25) is 5.91 Å². The van der Waals surface area contributed by atoms with Gasteiger partial charge in [-0.25, -0.2) is 0 Å². The summed E-state index contributed by atoms with van der Waals surface area (Å²) in [5.41, 5.74) is 4.09. The zero-order valence-electron chi connectivity index (χ0n) is 14.6. The second-order valence-electron chi connectivity index (χ2n) is 6.17. The molecule has 0 unspecified atom stereocenters. The number of carbonyl (C=O) groups excluding carboxylic acids is 1. The van der Waals surface area contributed by atoms with Crippen LogP contribution in [-0.4, -0.2) is 20.1 Å². The smallest absolute Gasteiger partial charge is 0.225 e. The van der Waals surface area contributed by atoms with Crippen molar-refractivity contribution in [3.63, 3.8) is 0 Å². The van der Waals surface area contributed by atoms with E-state index in [4.69, 9.17) is 9.47 Å². The fourth-order valence-corrected chi connectivity index (χ4v) is 4.57. The van der Waals surface area contributed by atoms with Crippen LogP contribution in [0.25, 0.3) is 11.1 Å². The lowest BCUT2D eigenvalue weighted by Gasteiger charge is -2.25. The van der Waals surface area contributed by atoms with Crippen LogP contribution in [0, 0.1) is 0 Å². The molecule has 0 saturated heterocycles. The molecule has 1 atom stereocenters. The Morgan fingerprint density at radius 3 is 2.62 bits per heavy atom. The summed E-state index contributed by atoms with van der Waals surface area (Å²) in [6, 6.07) is 15.9. The molecule has 1 aliphatic heterocycles. The number of thiophene rings is 1. The number of amides is 1. The van der Waals surface area contributed by atoms with Gasteiger partial charge in [0.15, 0.2) is 0 Å². The second-order valence-corrected chi connectivity index (χ2v) is 7.08. The first-order chi connectivity index (χ1) is 12.7. The fraction of sp³-hybridized carbons (Fsp3) is 0.190. The summed E-state index contributed by atoms with van der Waals surface area (Å²) in [6.45, 7) is 0. The highest BCUT2D eigenvalue weighted by Crippen LogP contribution is 2.48. The van der Waals surface area contributed by atoms with E-state index in [9.17, 15) is 4.79 Å². The van der Waals surface area contributed by atoms with Gasteiger partial charge < -0.3 is 14.8 Å². The lowest BCUT2D eigenvalue weighted by atomic mass is 9.88. The first-order valence-corrected chi connectivity index (χ1v) is 9.27. The summed E-state index contributed by atoms with van der Waals surface area (Å²) >= 11 is 1.68. The maximum atomic E-state index is 12.4. The van der Waals surface area contributed by atoms with Crippen molar-refractivity contribution in [1.82, 2.24) is 0 Å². The first kappa shape index (κ1) is 16.7. The molecular weight excluding hydrogens is 346 g/mol. The third-order valence-electron chi connectivity index (χ3n) is 4.69. The number of rotatable bonds is 4. The summed E-state index contributed by atoms with van der Waals surface area (Å²) < 4.78 is 10.9. The molecule has 2 aromatic carbocycles. The predicted molar refractivity (Wildman–Crippen MR) is 104 cm³/mol. The number of nitrogens with one attached hydrogen (secondary N) is 1. The minimum absolute atomic E-state index is 0.0240. The molecular formula is C21H19NO3S. The number of hydrogen-bond donors (Lipinski definition) is 1. The molecule has 4 rings (SSSR count). The van der Waals surface area contributed by atoms with E-state index in [-0.39, 0.29) is 11.8 Å². The molecule has 0 spiro atoms. The number of fused-ring (bicyclic) bond motifs is 1. The highest BCUT2D eigenvalue weighted by molar-refractivity contribution is 7.11. The molecule has 2 heterocycles. The zero-order chi connectivity index (χ0) is 18.1. The first-order valence-electron chi connectivity index (χ1n) is 8.40. The summed E-state index contributed by atoms with van der Waals surface area (Å²) in [5, 5.41) is 5.19. The maximum Gasteiger partial charge on any atom is 0.225 e. The number of hydrogen-bond acceptors (Lipinski definition) is 4. The Kier molecular flexibility index (Phi) is 4.39. The average molecular weight is 365 g/mol. The van der Waals surface area contributed by atoms with E-state index < -0.39 is 0 Å². The summed E-state index contributed by atoms with van der Waals surface area (Å²) in [5.74, 6) is 1.48. The van der Waals surface area contributed by atoms with Crippen LogP contribution in [0.1, 0.15) is 22.8 Å². The molecule has 1 N–H and O–H groups in total. The third kappa shape index (κ3) is 2.84. The molecule has 0 bridgehead atoms. The van der Waals surface area contributed by atoms with Crippen LogP contribution in [0.3, 0.4) is 0 Å². The van der Waals surface area contributed by atoms with Crippen LogP contribution in [0.15, 0.2) is 53.9 Å². The van der Waals surface area contributed by atoms with Gasteiger partial charge in [0.1, 0.15) is 11.5 Å². The van der Waals surface area contributed by atoms with E-state index in [1.54, 1.807) is 25.6 Å². The Balaban J connectivity index is 1.82. The van der Waals surface area contributed by atoms with Gasteiger partial charge in [-0.05, 0) is 11.6 Å². The molecule has 5 heteroatoms. The lowest BCUT2D eigenvalue weighted by Crippen LogP contribution is -2.22. The number of carbonyl (C=O) groups is 1. The quantitative estimate of drug-likeness (QED) is 0.715. The van der Waals surface area contributed by atoms with Crippen LogP contribution < -0.4 is 14.8 Å². The lowest BCUT2D eigenvalue weighted by molar-refractivity contribution is -0.116. The van der Waals surface area contributed by atoms with E-state index in [1.165, 1.54) is 0 Å². The van der Waals surface area contributed by atoms with Crippen molar-refractivity contribution in [2.24, 2.45) is 0 Å². The SMILES string of the molecule is COc1ccc([C@@H]2CC(=O)Nc3c(-c4ccccc4)csc32)c(OC)c1. The Morgan fingerprint density at radius 1 is 1.08 bits per heavy atom. The van der Waals surface area contributed by atoms with Crippen molar-refractivity contribution in [3.05, 3.63) is 64.4 Å². The standard InChI is InChI=1S/C21H19NO3S/c1-24-14-8-9-15(18(10-14)25-2)16-11-19(23)22-20-17(12-26-21(16)20)13-6-4-3-5-7-13/h3-10,12,16H,11H2,1-2H3,(H,22,23)/t16-/m0/s1. The van der Waals surface area contributed by atoms with E-state index >= 15 is 0 Å². The van der Waals surface area contributed by atoms with E-state index in [0.717, 1.165) is 38.8 Å². The van der Waals surface area contributed by atoms with Gasteiger partial charge in [-0.2, -0.15) is 0 Å². The Hall–Kier alpha value is -2.79. The molecule has 132 valence electrons. The van der Waals surface area contributed by atoms with Crippen molar-refractivity contribution >= 4 is 22.9 Å². The van der Waals surface area contributed by atoms with Gasteiger partial charge >= 0.3 is 0 Å². The van der Waals surface area contributed by atoms with Crippen molar-refractivity contribution in [2.45, 2.75) is 12.3 Å². The van der Waals surface area contributed by atoms with Gasteiger partial charge in [0.25, 0.3) is 0 Å². The highest BCUT2D eigenvalue weighted by Gasteiger charge is 2.32. The van der Waals surface area contributed by atoms with Gasteiger partial charge in [-0.3, -0.25) is 4.79 Å². The van der Waals surface area contributed by atoms with Crippen LogP contribution >= 0.6 is 11.3 Å². The molecule has 0 aliphatic carbocycles. The van der Waals surface area contributed by atoms with Gasteiger partial charge in [-0.1, -0.05) is 36.4 Å². The normalized spacial score (nSPS) is 15.9. The van der Waals surface area contributed by atoms with Gasteiger partial charge in [0.05, 0.1) is 19.9 Å².